The monoisotopic (exact) mass is 727 g/mol. The van der Waals surface area contributed by atoms with Crippen LogP contribution in [0, 0.1) is 48.3 Å². The molecule has 4 aliphatic rings. The Balaban J connectivity index is 0.00000221. The fourth-order valence-electron chi connectivity index (χ4n) is 10.3. The van der Waals surface area contributed by atoms with E-state index in [0.717, 1.165) is 23.7 Å². The van der Waals surface area contributed by atoms with Crippen molar-refractivity contribution in [2.75, 3.05) is 0 Å². The molecule has 0 nitrogen and oxygen atoms in total. The van der Waals surface area contributed by atoms with Crippen molar-refractivity contribution in [3.8, 4) is 0 Å². The molecule has 2 aromatic rings. The van der Waals surface area contributed by atoms with Crippen molar-refractivity contribution >= 4 is 48.4 Å². The molecule has 2 atom stereocenters. The van der Waals surface area contributed by atoms with Crippen LogP contribution >= 0.6 is 24.8 Å². The van der Waals surface area contributed by atoms with E-state index in [-0.39, 0.29) is 35.6 Å². The zero-order chi connectivity index (χ0) is 30.1. The van der Waals surface area contributed by atoms with Gasteiger partial charge >= 0.3 is 267 Å². The SMILES string of the molecule is CC1=c2cccc(C)c2=[C]([Zr]([C]2=c3c(C)cccc3=C(C)C2(C)C2CCC(C)CC2)[SiH](C)C)C1(C)C1CCC(C)CC1.Cl.Cl. The minimum Gasteiger partial charge on any atom is -0.147 e. The molecule has 0 radical (unpaired) electrons. The van der Waals surface area contributed by atoms with E-state index in [1.54, 1.807) is 43.1 Å². The average molecular weight is 730 g/mol. The van der Waals surface area contributed by atoms with E-state index >= 15 is 0 Å². The first-order chi connectivity index (χ1) is 19.9. The molecule has 2 aromatic carbocycles. The second kappa shape index (κ2) is 13.6. The third-order valence-electron chi connectivity index (χ3n) is 13.2. The van der Waals surface area contributed by atoms with E-state index in [0.29, 0.717) is 0 Å². The molecular weight excluding hydrogens is 671 g/mol. The third kappa shape index (κ3) is 5.51. The molecule has 4 heteroatoms. The van der Waals surface area contributed by atoms with E-state index in [9.17, 15) is 0 Å². The minimum absolute atomic E-state index is 0. The van der Waals surface area contributed by atoms with Crippen molar-refractivity contribution in [2.24, 2.45) is 34.5 Å². The first kappa shape index (κ1) is 36.4. The molecule has 241 valence electrons. The van der Waals surface area contributed by atoms with Crippen molar-refractivity contribution in [3.05, 3.63) is 68.4 Å². The second-order valence-corrected chi connectivity index (χ2v) is 34.6. The first-order valence-electron chi connectivity index (χ1n) is 17.4. The second-order valence-electron chi connectivity index (χ2n) is 15.9. The van der Waals surface area contributed by atoms with Crippen molar-refractivity contribution in [2.45, 2.75) is 120 Å². The normalized spacial score (nSPS) is 31.4. The molecule has 0 N–H and O–H groups in total. The predicted octanol–water partition coefficient (Wildman–Crippen LogP) is 8.70. The summed E-state index contributed by atoms with van der Waals surface area (Å²) in [6.45, 7) is 26.1. The number of aryl methyl sites for hydroxylation is 2. The van der Waals surface area contributed by atoms with E-state index in [1.165, 1.54) is 51.4 Å². The zero-order valence-corrected chi connectivity index (χ0v) is 34.6. The van der Waals surface area contributed by atoms with Gasteiger partial charge in [0.15, 0.2) is 0 Å². The van der Waals surface area contributed by atoms with Gasteiger partial charge in [-0.25, -0.2) is 0 Å². The van der Waals surface area contributed by atoms with Crippen LogP contribution in [0.5, 0.6) is 0 Å². The molecule has 44 heavy (non-hydrogen) atoms. The Morgan fingerprint density at radius 1 is 0.591 bits per heavy atom. The molecule has 0 spiro atoms. The summed E-state index contributed by atoms with van der Waals surface area (Å²) in [6.07, 6.45) is 11.3. The summed E-state index contributed by atoms with van der Waals surface area (Å²) in [4.78, 5) is 0. The summed E-state index contributed by atoms with van der Waals surface area (Å²) in [5, 5.41) is 6.71. The summed E-state index contributed by atoms with van der Waals surface area (Å²) < 4.78 is 4.09. The molecule has 2 saturated carbocycles. The Kier molecular flexibility index (Phi) is 11.3. The van der Waals surface area contributed by atoms with Gasteiger partial charge in [0.05, 0.1) is 0 Å². The van der Waals surface area contributed by atoms with Gasteiger partial charge in [-0.3, -0.25) is 0 Å². The number of halogens is 2. The van der Waals surface area contributed by atoms with Gasteiger partial charge in [0.2, 0.25) is 0 Å². The summed E-state index contributed by atoms with van der Waals surface area (Å²) >= 11 is -2.38. The minimum atomic E-state index is -2.38. The Bertz CT molecular complexity index is 1520. The maximum Gasteiger partial charge on any atom is -0.147 e. The van der Waals surface area contributed by atoms with E-state index in [2.05, 4.69) is 105 Å². The Hall–Kier alpha value is -0.400. The van der Waals surface area contributed by atoms with Crippen molar-refractivity contribution in [1.82, 2.24) is 0 Å². The van der Waals surface area contributed by atoms with Crippen LogP contribution in [0.1, 0.15) is 104 Å². The first-order valence-corrected chi connectivity index (χ1v) is 27.0. The predicted molar refractivity (Wildman–Crippen MR) is 198 cm³/mol. The van der Waals surface area contributed by atoms with Crippen molar-refractivity contribution < 1.29 is 20.9 Å². The molecule has 0 heterocycles. The van der Waals surface area contributed by atoms with Gasteiger partial charge in [-0.2, -0.15) is 0 Å². The van der Waals surface area contributed by atoms with Crippen LogP contribution in [0.2, 0.25) is 13.1 Å². The van der Waals surface area contributed by atoms with Crippen LogP contribution in [-0.2, 0) is 20.9 Å². The summed E-state index contributed by atoms with van der Waals surface area (Å²) in [7, 11) is 0. The van der Waals surface area contributed by atoms with Gasteiger partial charge in [0.1, 0.15) is 0 Å². The van der Waals surface area contributed by atoms with Crippen LogP contribution in [-0.4, -0.2) is 5.92 Å². The number of fused-ring (bicyclic) bond motifs is 2. The van der Waals surface area contributed by atoms with Gasteiger partial charge < -0.3 is 0 Å². The van der Waals surface area contributed by atoms with Crippen molar-refractivity contribution in [1.29, 1.82) is 0 Å². The van der Waals surface area contributed by atoms with Gasteiger partial charge in [0, 0.05) is 0 Å². The smallest absolute Gasteiger partial charge is 0.147 e. The van der Waals surface area contributed by atoms with Crippen LogP contribution in [0.15, 0.2) is 36.4 Å². The number of benzene rings is 2. The molecule has 0 amide bonds. The maximum absolute atomic E-state index is 2.78. The fourth-order valence-corrected chi connectivity index (χ4v) is 33.5. The maximum atomic E-state index is 2.78. The number of hydrogen-bond acceptors (Lipinski definition) is 0. The Labute approximate surface area is 290 Å². The Morgan fingerprint density at radius 2 is 0.932 bits per heavy atom. The van der Waals surface area contributed by atoms with E-state index in [1.807, 2.05) is 6.56 Å². The third-order valence-corrected chi connectivity index (χ3v) is 32.7. The molecule has 2 unspecified atom stereocenters. The van der Waals surface area contributed by atoms with Crippen LogP contribution in [0.3, 0.4) is 0 Å². The average Bonchev–Trinajstić information content (AvgIpc) is 3.33. The molecule has 0 aromatic heterocycles. The molecule has 2 fully saturated rings. The standard InChI is InChI=1S/2C19H25.C2H7Si.2ClH.Zr/c2*1-13-8-10-16(11-9-13)19(4)12-18-14(2)6-5-7-17(18)15(19)3;1-3-2;;;/h2*5-7,13,16H,8-11H2,1-4H3;3H,1-2H3;2*1H;. The molecule has 4 aliphatic carbocycles. The molecular formula is C40H59Cl2SiZr. The molecule has 0 saturated heterocycles. The molecule has 6 rings (SSSR count). The van der Waals surface area contributed by atoms with Crippen LogP contribution in [0.25, 0.3) is 17.7 Å². The van der Waals surface area contributed by atoms with Crippen LogP contribution in [0.4, 0.5) is 0 Å². The molecule has 0 bridgehead atoms. The topological polar surface area (TPSA) is 0 Å². The number of hydrogen-bond donors (Lipinski definition) is 0. The number of rotatable bonds is 5. The largest absolute Gasteiger partial charge is 0.147 e. The summed E-state index contributed by atoms with van der Waals surface area (Å²) in [5.41, 5.74) is 7.02. The Morgan fingerprint density at radius 3 is 1.25 bits per heavy atom. The van der Waals surface area contributed by atoms with Gasteiger partial charge in [0.25, 0.3) is 0 Å². The summed E-state index contributed by atoms with van der Waals surface area (Å²) in [6, 6.07) is 14.6. The van der Waals surface area contributed by atoms with Gasteiger partial charge in [-0.15, -0.1) is 24.8 Å². The van der Waals surface area contributed by atoms with E-state index in [4.69, 9.17) is 0 Å². The molecule has 0 aliphatic heterocycles. The van der Waals surface area contributed by atoms with E-state index < -0.39 is 26.8 Å². The fraction of sp³-hybridized carbons (Fsp3) is 0.600. The van der Waals surface area contributed by atoms with Crippen LogP contribution < -0.4 is 20.9 Å². The van der Waals surface area contributed by atoms with Gasteiger partial charge in [-0.1, -0.05) is 0 Å². The van der Waals surface area contributed by atoms with Crippen molar-refractivity contribution in [3.63, 3.8) is 0 Å². The zero-order valence-electron chi connectivity index (χ0n) is 29.3. The quantitative estimate of drug-likeness (QED) is 0.271. The van der Waals surface area contributed by atoms with Gasteiger partial charge in [-0.05, 0) is 0 Å². The summed E-state index contributed by atoms with van der Waals surface area (Å²) in [5.74, 6) is 2.37.